The number of para-hydroxylation sites is 1. The van der Waals surface area contributed by atoms with Gasteiger partial charge in [-0.15, -0.1) is 11.3 Å². The molecule has 4 nitrogen and oxygen atoms in total. The smallest absolute Gasteiger partial charge is 0.271 e. The summed E-state index contributed by atoms with van der Waals surface area (Å²) >= 11 is 3.09. The van der Waals surface area contributed by atoms with Crippen molar-refractivity contribution in [2.75, 3.05) is 0 Å². The van der Waals surface area contributed by atoms with Crippen molar-refractivity contribution in [1.82, 2.24) is 10.3 Å². The molecule has 1 aromatic carbocycles. The number of aromatic nitrogens is 1. The highest BCUT2D eigenvalue weighted by molar-refractivity contribution is 7.14. The van der Waals surface area contributed by atoms with Crippen LogP contribution in [0.3, 0.4) is 0 Å². The monoisotopic (exact) mass is 354 g/mol. The summed E-state index contributed by atoms with van der Waals surface area (Å²) in [6, 6.07) is 11.5. The molecule has 0 radical (unpaired) electrons. The lowest BCUT2D eigenvalue weighted by Crippen LogP contribution is -2.26. The first-order valence-electron chi connectivity index (χ1n) is 7.48. The van der Waals surface area contributed by atoms with Crippen molar-refractivity contribution in [3.05, 3.63) is 64.0 Å². The van der Waals surface area contributed by atoms with Crippen LogP contribution in [0.5, 0.6) is 0 Å². The van der Waals surface area contributed by atoms with Crippen molar-refractivity contribution >= 4 is 39.5 Å². The van der Waals surface area contributed by atoms with Gasteiger partial charge in [-0.25, -0.2) is 4.98 Å². The number of hydrogen-bond acceptors (Lipinski definition) is 5. The van der Waals surface area contributed by atoms with Crippen LogP contribution >= 0.6 is 22.7 Å². The Morgan fingerprint density at radius 3 is 2.92 bits per heavy atom. The van der Waals surface area contributed by atoms with Crippen LogP contribution in [-0.4, -0.2) is 10.9 Å². The Balaban J connectivity index is 1.51. The minimum Gasteiger partial charge on any atom is -0.459 e. The first kappa shape index (κ1) is 15.1. The molecule has 0 aliphatic heterocycles. The maximum atomic E-state index is 12.4. The van der Waals surface area contributed by atoms with Crippen LogP contribution < -0.4 is 5.32 Å². The van der Waals surface area contributed by atoms with Crippen molar-refractivity contribution in [3.8, 4) is 10.6 Å². The van der Waals surface area contributed by atoms with Gasteiger partial charge in [0.1, 0.15) is 22.0 Å². The van der Waals surface area contributed by atoms with Gasteiger partial charge in [-0.2, -0.15) is 11.3 Å². The van der Waals surface area contributed by atoms with Gasteiger partial charge in [0, 0.05) is 21.7 Å². The van der Waals surface area contributed by atoms with E-state index in [1.54, 1.807) is 16.7 Å². The number of thiazole rings is 1. The van der Waals surface area contributed by atoms with Crippen LogP contribution in [0.25, 0.3) is 21.5 Å². The highest BCUT2D eigenvalue weighted by Crippen LogP contribution is 2.27. The molecule has 4 rings (SSSR count). The standard InChI is InChI=1S/C18H14N2O2S2/c1-11(16-8-12-4-2-3-5-15(12)22-16)19-17(21)14-10-24-18(20-14)13-6-7-23-9-13/h2-11H,1H3,(H,19,21). The van der Waals surface area contributed by atoms with Gasteiger partial charge in [-0.05, 0) is 30.5 Å². The third-order valence-electron chi connectivity index (χ3n) is 3.72. The van der Waals surface area contributed by atoms with E-state index in [0.717, 1.165) is 27.3 Å². The number of benzene rings is 1. The van der Waals surface area contributed by atoms with E-state index in [1.165, 1.54) is 11.3 Å². The second kappa shape index (κ2) is 6.22. The predicted molar refractivity (Wildman–Crippen MR) is 97.5 cm³/mol. The van der Waals surface area contributed by atoms with E-state index < -0.39 is 0 Å². The van der Waals surface area contributed by atoms with Crippen LogP contribution in [0.4, 0.5) is 0 Å². The molecule has 0 saturated heterocycles. The Bertz CT molecular complexity index is 952. The SMILES string of the molecule is CC(NC(=O)c1csc(-c2ccsc2)n1)c1cc2ccccc2o1. The Kier molecular flexibility index (Phi) is 3.92. The van der Waals surface area contributed by atoms with Gasteiger partial charge in [-0.3, -0.25) is 4.79 Å². The molecule has 0 aliphatic carbocycles. The van der Waals surface area contributed by atoms with Gasteiger partial charge in [0.2, 0.25) is 0 Å². The molecule has 1 N–H and O–H groups in total. The zero-order valence-electron chi connectivity index (χ0n) is 12.9. The van der Waals surface area contributed by atoms with E-state index in [4.69, 9.17) is 4.42 Å². The number of furan rings is 1. The second-order valence-corrected chi connectivity index (χ2v) is 7.07. The van der Waals surface area contributed by atoms with Gasteiger partial charge in [0.05, 0.1) is 6.04 Å². The van der Waals surface area contributed by atoms with Crippen molar-refractivity contribution in [1.29, 1.82) is 0 Å². The van der Waals surface area contributed by atoms with Crippen molar-refractivity contribution in [2.24, 2.45) is 0 Å². The molecule has 0 fully saturated rings. The number of carbonyl (C=O) groups excluding carboxylic acids is 1. The fraction of sp³-hybridized carbons (Fsp3) is 0.111. The molecule has 1 unspecified atom stereocenters. The van der Waals surface area contributed by atoms with Crippen LogP contribution in [0.2, 0.25) is 0 Å². The van der Waals surface area contributed by atoms with Crippen LogP contribution in [0, 0.1) is 0 Å². The quantitative estimate of drug-likeness (QED) is 0.554. The minimum atomic E-state index is -0.226. The average molecular weight is 354 g/mol. The van der Waals surface area contributed by atoms with Gasteiger partial charge < -0.3 is 9.73 Å². The van der Waals surface area contributed by atoms with E-state index in [9.17, 15) is 4.79 Å². The zero-order valence-corrected chi connectivity index (χ0v) is 14.5. The third kappa shape index (κ3) is 2.86. The lowest BCUT2D eigenvalue weighted by molar-refractivity contribution is 0.0931. The summed E-state index contributed by atoms with van der Waals surface area (Å²) in [5.41, 5.74) is 2.31. The fourth-order valence-corrected chi connectivity index (χ4v) is 3.97. The summed E-state index contributed by atoms with van der Waals surface area (Å²) < 4.78 is 5.80. The Morgan fingerprint density at radius 2 is 2.12 bits per heavy atom. The molecule has 1 atom stereocenters. The summed E-state index contributed by atoms with van der Waals surface area (Å²) in [7, 11) is 0. The first-order chi connectivity index (χ1) is 11.7. The Hall–Kier alpha value is -2.44. The molecule has 4 aromatic rings. The largest absolute Gasteiger partial charge is 0.459 e. The number of nitrogens with zero attached hydrogens (tertiary/aromatic N) is 1. The molecule has 24 heavy (non-hydrogen) atoms. The fourth-order valence-electron chi connectivity index (χ4n) is 2.45. The number of fused-ring (bicyclic) bond motifs is 1. The van der Waals surface area contributed by atoms with E-state index in [2.05, 4.69) is 10.3 Å². The number of amides is 1. The second-order valence-electron chi connectivity index (χ2n) is 5.43. The normalized spacial score (nSPS) is 12.4. The predicted octanol–water partition coefficient (Wildman–Crippen LogP) is 5.11. The first-order valence-corrected chi connectivity index (χ1v) is 9.30. The van der Waals surface area contributed by atoms with Crippen molar-refractivity contribution < 1.29 is 9.21 Å². The molecule has 3 heterocycles. The number of thiophene rings is 1. The molecule has 6 heteroatoms. The van der Waals surface area contributed by atoms with Gasteiger partial charge >= 0.3 is 0 Å². The number of carbonyl (C=O) groups is 1. The molecule has 0 spiro atoms. The van der Waals surface area contributed by atoms with Crippen molar-refractivity contribution in [3.63, 3.8) is 0 Å². The molecule has 0 aliphatic rings. The van der Waals surface area contributed by atoms with Crippen LogP contribution in [0.15, 0.2) is 57.0 Å². The molecule has 120 valence electrons. The number of nitrogens with one attached hydrogen (secondary N) is 1. The van der Waals surface area contributed by atoms with Gasteiger partial charge in [-0.1, -0.05) is 18.2 Å². The zero-order chi connectivity index (χ0) is 16.5. The topological polar surface area (TPSA) is 55.1 Å². The Labute approximate surface area is 146 Å². The molecule has 0 bridgehead atoms. The Morgan fingerprint density at radius 1 is 1.25 bits per heavy atom. The van der Waals surface area contributed by atoms with E-state index in [0.29, 0.717) is 5.69 Å². The minimum absolute atomic E-state index is 0.194. The summed E-state index contributed by atoms with van der Waals surface area (Å²) in [5.74, 6) is 0.540. The molecular weight excluding hydrogens is 340 g/mol. The maximum absolute atomic E-state index is 12.4. The van der Waals surface area contributed by atoms with E-state index in [-0.39, 0.29) is 11.9 Å². The van der Waals surface area contributed by atoms with Gasteiger partial charge in [0.15, 0.2) is 0 Å². The van der Waals surface area contributed by atoms with Crippen LogP contribution in [-0.2, 0) is 0 Å². The van der Waals surface area contributed by atoms with Crippen molar-refractivity contribution in [2.45, 2.75) is 13.0 Å². The third-order valence-corrected chi connectivity index (χ3v) is 5.30. The van der Waals surface area contributed by atoms with Crippen LogP contribution in [0.1, 0.15) is 29.2 Å². The highest BCUT2D eigenvalue weighted by Gasteiger charge is 2.17. The summed E-state index contributed by atoms with van der Waals surface area (Å²) in [6.07, 6.45) is 0. The van der Waals surface area contributed by atoms with E-state index in [1.807, 2.05) is 54.1 Å². The maximum Gasteiger partial charge on any atom is 0.271 e. The number of hydrogen-bond donors (Lipinski definition) is 1. The van der Waals surface area contributed by atoms with E-state index >= 15 is 0 Å². The molecular formula is C18H14N2O2S2. The lowest BCUT2D eigenvalue weighted by atomic mass is 10.2. The molecule has 0 saturated carbocycles. The summed E-state index contributed by atoms with van der Waals surface area (Å²) in [6.45, 7) is 1.90. The lowest BCUT2D eigenvalue weighted by Gasteiger charge is -2.09. The van der Waals surface area contributed by atoms with Gasteiger partial charge in [0.25, 0.3) is 5.91 Å². The highest BCUT2D eigenvalue weighted by atomic mass is 32.1. The average Bonchev–Trinajstić information content (AvgIpc) is 3.32. The molecule has 3 aromatic heterocycles. The summed E-state index contributed by atoms with van der Waals surface area (Å²) in [4.78, 5) is 16.8. The summed E-state index contributed by atoms with van der Waals surface area (Å²) in [5, 5.41) is 10.6. The molecule has 1 amide bonds. The number of rotatable bonds is 4.